The normalized spacial score (nSPS) is 32.6. The Morgan fingerprint density at radius 3 is 2.90 bits per heavy atom. The number of carbonyl (C=O) groups is 1. The van der Waals surface area contributed by atoms with Gasteiger partial charge >= 0.3 is 5.97 Å². The quantitative estimate of drug-likeness (QED) is 0.370. The van der Waals surface area contributed by atoms with Crippen LogP contribution in [0.1, 0.15) is 26.2 Å². The molecule has 0 aromatic rings. The van der Waals surface area contributed by atoms with E-state index in [0.29, 0.717) is 6.42 Å². The molecule has 0 radical (unpaired) electrons. The van der Waals surface area contributed by atoms with Gasteiger partial charge in [-0.05, 0) is 19.8 Å². The van der Waals surface area contributed by atoms with Gasteiger partial charge < -0.3 is 4.74 Å². The van der Waals surface area contributed by atoms with E-state index in [2.05, 4.69) is 5.92 Å². The van der Waals surface area contributed by atoms with Gasteiger partial charge in [-0.15, -0.1) is 6.42 Å². The molecule has 1 atom stereocenters. The average molecular weight is 138 g/mol. The summed E-state index contributed by atoms with van der Waals surface area (Å²) in [6, 6.07) is 0. The zero-order chi connectivity index (χ0) is 7.61. The van der Waals surface area contributed by atoms with E-state index < -0.39 is 5.60 Å². The topological polar surface area (TPSA) is 26.3 Å². The highest BCUT2D eigenvalue weighted by atomic mass is 16.6. The third-order valence-corrected chi connectivity index (χ3v) is 1.68. The Balaban J connectivity index is 2.64. The van der Waals surface area contributed by atoms with Gasteiger partial charge in [0.1, 0.15) is 0 Å². The summed E-state index contributed by atoms with van der Waals surface area (Å²) < 4.78 is 4.95. The number of terminal acetylenes is 1. The van der Waals surface area contributed by atoms with E-state index in [1.54, 1.807) is 6.92 Å². The molecule has 1 rings (SSSR count). The van der Waals surface area contributed by atoms with Crippen LogP contribution >= 0.6 is 0 Å². The second kappa shape index (κ2) is 2.34. The highest BCUT2D eigenvalue weighted by molar-refractivity contribution is 5.71. The van der Waals surface area contributed by atoms with Crippen LogP contribution in [0, 0.1) is 12.3 Å². The Morgan fingerprint density at radius 1 is 1.80 bits per heavy atom. The predicted octanol–water partition coefficient (Wildman–Crippen LogP) is 1.11. The molecule has 0 N–H and O–H groups in total. The van der Waals surface area contributed by atoms with Crippen molar-refractivity contribution < 1.29 is 9.53 Å². The fourth-order valence-corrected chi connectivity index (χ4v) is 1.03. The fourth-order valence-electron chi connectivity index (χ4n) is 1.03. The fraction of sp³-hybridized carbons (Fsp3) is 0.625. The first-order valence-corrected chi connectivity index (χ1v) is 3.36. The van der Waals surface area contributed by atoms with Crippen LogP contribution in [0.15, 0.2) is 0 Å². The van der Waals surface area contributed by atoms with E-state index in [1.807, 2.05) is 0 Å². The van der Waals surface area contributed by atoms with Gasteiger partial charge in [0, 0.05) is 6.42 Å². The van der Waals surface area contributed by atoms with Crippen LogP contribution in [-0.2, 0) is 9.53 Å². The van der Waals surface area contributed by atoms with Crippen molar-refractivity contribution in [3.63, 3.8) is 0 Å². The summed E-state index contributed by atoms with van der Waals surface area (Å²) in [5, 5.41) is 0. The van der Waals surface area contributed by atoms with Gasteiger partial charge in [-0.25, -0.2) is 0 Å². The zero-order valence-electron chi connectivity index (χ0n) is 6.02. The third-order valence-electron chi connectivity index (χ3n) is 1.68. The summed E-state index contributed by atoms with van der Waals surface area (Å²) in [5.74, 6) is 2.29. The lowest BCUT2D eigenvalue weighted by molar-refractivity contribution is -0.158. The molecule has 0 amide bonds. The first-order chi connectivity index (χ1) is 4.66. The number of hydrogen-bond acceptors (Lipinski definition) is 2. The van der Waals surface area contributed by atoms with Gasteiger partial charge in [0.2, 0.25) is 0 Å². The number of rotatable bonds is 0. The van der Waals surface area contributed by atoms with E-state index in [9.17, 15) is 4.79 Å². The van der Waals surface area contributed by atoms with Crippen LogP contribution in [0.25, 0.3) is 0 Å². The Labute approximate surface area is 60.6 Å². The van der Waals surface area contributed by atoms with E-state index in [4.69, 9.17) is 11.2 Å². The molecule has 1 saturated heterocycles. The molecule has 1 heterocycles. The van der Waals surface area contributed by atoms with Crippen LogP contribution in [0.4, 0.5) is 0 Å². The van der Waals surface area contributed by atoms with Crippen molar-refractivity contribution in [2.24, 2.45) is 0 Å². The van der Waals surface area contributed by atoms with Crippen molar-refractivity contribution in [1.29, 1.82) is 0 Å². The van der Waals surface area contributed by atoms with E-state index in [0.717, 1.165) is 12.8 Å². The Morgan fingerprint density at radius 2 is 2.50 bits per heavy atom. The van der Waals surface area contributed by atoms with Crippen LogP contribution in [-0.4, -0.2) is 11.6 Å². The molecule has 1 unspecified atom stereocenters. The van der Waals surface area contributed by atoms with Crippen molar-refractivity contribution in [3.8, 4) is 12.3 Å². The molecule has 0 aromatic carbocycles. The molecule has 0 aromatic heterocycles. The summed E-state index contributed by atoms with van der Waals surface area (Å²) in [4.78, 5) is 10.7. The van der Waals surface area contributed by atoms with Gasteiger partial charge in [-0.2, -0.15) is 0 Å². The molecule has 0 saturated carbocycles. The molecule has 1 fully saturated rings. The predicted molar refractivity (Wildman–Crippen MR) is 37.2 cm³/mol. The lowest BCUT2D eigenvalue weighted by atomic mass is 9.97. The molecule has 2 heteroatoms. The molecule has 2 nitrogen and oxygen atoms in total. The average Bonchev–Trinajstić information content (AvgIpc) is 1.88. The second-order valence-electron chi connectivity index (χ2n) is 2.70. The largest absolute Gasteiger partial charge is 0.446 e. The molecule has 0 spiro atoms. The molecule has 10 heavy (non-hydrogen) atoms. The summed E-state index contributed by atoms with van der Waals surface area (Å²) in [7, 11) is 0. The first-order valence-electron chi connectivity index (χ1n) is 3.36. The molecule has 54 valence electrons. The zero-order valence-corrected chi connectivity index (χ0v) is 6.02. The van der Waals surface area contributed by atoms with E-state index >= 15 is 0 Å². The Hall–Kier alpha value is -0.970. The van der Waals surface area contributed by atoms with Gasteiger partial charge in [0.15, 0.2) is 5.60 Å². The van der Waals surface area contributed by atoms with Crippen molar-refractivity contribution in [3.05, 3.63) is 0 Å². The number of esters is 1. The van der Waals surface area contributed by atoms with Gasteiger partial charge in [-0.1, -0.05) is 5.92 Å². The molecule has 1 aliphatic rings. The minimum atomic E-state index is -0.630. The van der Waals surface area contributed by atoms with Crippen molar-refractivity contribution in [1.82, 2.24) is 0 Å². The standard InChI is InChI=1S/C8H10O2/c1-3-8(2)6-4-5-7(9)10-8/h1H,4-6H2,2H3. The van der Waals surface area contributed by atoms with Crippen molar-refractivity contribution in [2.45, 2.75) is 31.8 Å². The molecule has 0 bridgehead atoms. The molecule has 1 aliphatic heterocycles. The minimum Gasteiger partial charge on any atom is -0.446 e. The number of carbonyl (C=O) groups excluding carboxylic acids is 1. The lowest BCUT2D eigenvalue weighted by Crippen LogP contribution is -2.33. The van der Waals surface area contributed by atoms with Crippen LogP contribution in [0.5, 0.6) is 0 Å². The first kappa shape index (κ1) is 7.14. The summed E-state index contributed by atoms with van der Waals surface area (Å²) in [6.45, 7) is 1.77. The SMILES string of the molecule is C#CC1(C)CCCC(=O)O1. The molecule has 0 aliphatic carbocycles. The molecular formula is C8H10O2. The van der Waals surface area contributed by atoms with Gasteiger partial charge in [0.25, 0.3) is 0 Å². The lowest BCUT2D eigenvalue weighted by Gasteiger charge is -2.27. The maximum Gasteiger partial charge on any atom is 0.307 e. The van der Waals surface area contributed by atoms with E-state index in [1.165, 1.54) is 0 Å². The Kier molecular flexibility index (Phi) is 1.67. The maximum absolute atomic E-state index is 10.7. The smallest absolute Gasteiger partial charge is 0.307 e. The second-order valence-corrected chi connectivity index (χ2v) is 2.70. The van der Waals surface area contributed by atoms with Crippen molar-refractivity contribution in [2.75, 3.05) is 0 Å². The number of cyclic esters (lactones) is 1. The van der Waals surface area contributed by atoms with Gasteiger partial charge in [-0.3, -0.25) is 4.79 Å². The monoisotopic (exact) mass is 138 g/mol. The van der Waals surface area contributed by atoms with Crippen LogP contribution < -0.4 is 0 Å². The van der Waals surface area contributed by atoms with Gasteiger partial charge in [0.05, 0.1) is 0 Å². The van der Waals surface area contributed by atoms with E-state index in [-0.39, 0.29) is 5.97 Å². The van der Waals surface area contributed by atoms with Crippen molar-refractivity contribution >= 4 is 5.97 Å². The highest BCUT2D eigenvalue weighted by Gasteiger charge is 2.29. The highest BCUT2D eigenvalue weighted by Crippen LogP contribution is 2.23. The maximum atomic E-state index is 10.7. The number of ether oxygens (including phenoxy) is 1. The molecular weight excluding hydrogens is 128 g/mol. The summed E-state index contributed by atoms with van der Waals surface area (Å²) >= 11 is 0. The summed E-state index contributed by atoms with van der Waals surface area (Å²) in [6.07, 6.45) is 7.32. The Bertz CT molecular complexity index is 190. The minimum absolute atomic E-state index is 0.174. The third kappa shape index (κ3) is 1.30. The summed E-state index contributed by atoms with van der Waals surface area (Å²) in [5.41, 5.74) is -0.630. The van der Waals surface area contributed by atoms with Crippen LogP contribution in [0.3, 0.4) is 0 Å². The number of hydrogen-bond donors (Lipinski definition) is 0. The van der Waals surface area contributed by atoms with Crippen LogP contribution in [0.2, 0.25) is 0 Å².